The molecule has 1 heterocycles. The number of anilines is 1. The van der Waals surface area contributed by atoms with E-state index in [0.29, 0.717) is 17.9 Å². The van der Waals surface area contributed by atoms with E-state index in [9.17, 15) is 10.1 Å². The third-order valence-corrected chi connectivity index (χ3v) is 3.57. The third kappa shape index (κ3) is 3.37. The summed E-state index contributed by atoms with van der Waals surface area (Å²) in [6.07, 6.45) is 1.30. The van der Waals surface area contributed by atoms with E-state index in [4.69, 9.17) is 0 Å². The number of aromatic nitrogens is 1. The maximum Gasteiger partial charge on any atom is 0.290 e. The van der Waals surface area contributed by atoms with Gasteiger partial charge in [0.2, 0.25) is 0 Å². The van der Waals surface area contributed by atoms with Crippen LogP contribution in [0.1, 0.15) is 27.8 Å². The Bertz CT molecular complexity index is 673. The van der Waals surface area contributed by atoms with Gasteiger partial charge >= 0.3 is 0 Å². The summed E-state index contributed by atoms with van der Waals surface area (Å²) < 4.78 is 0. The van der Waals surface area contributed by atoms with Crippen molar-refractivity contribution in [1.29, 1.82) is 0 Å². The molecule has 2 rings (SSSR count). The lowest BCUT2D eigenvalue weighted by Crippen LogP contribution is -2.06. The van der Waals surface area contributed by atoms with E-state index < -0.39 is 4.92 Å². The van der Waals surface area contributed by atoms with Crippen molar-refractivity contribution in [2.24, 2.45) is 0 Å². The van der Waals surface area contributed by atoms with Crippen molar-refractivity contribution in [3.8, 4) is 0 Å². The molecule has 0 bridgehead atoms. The van der Waals surface area contributed by atoms with E-state index in [0.717, 1.165) is 0 Å². The number of pyridine rings is 1. The van der Waals surface area contributed by atoms with Gasteiger partial charge in [0, 0.05) is 12.1 Å². The van der Waals surface area contributed by atoms with Crippen molar-refractivity contribution in [3.63, 3.8) is 0 Å². The molecule has 1 N–H and O–H groups in total. The average molecular weight is 285 g/mol. The highest BCUT2D eigenvalue weighted by atomic mass is 16.6. The van der Waals surface area contributed by atoms with Crippen LogP contribution >= 0.6 is 0 Å². The second-order valence-electron chi connectivity index (χ2n) is 5.34. The first-order valence-corrected chi connectivity index (χ1v) is 6.80. The molecule has 0 radical (unpaired) electrons. The van der Waals surface area contributed by atoms with Gasteiger partial charge in [-0.3, -0.25) is 10.1 Å². The predicted molar refractivity (Wildman–Crippen MR) is 83.6 cm³/mol. The van der Waals surface area contributed by atoms with Crippen LogP contribution in [0.3, 0.4) is 0 Å². The van der Waals surface area contributed by atoms with Gasteiger partial charge in [-0.2, -0.15) is 0 Å². The van der Waals surface area contributed by atoms with Crippen LogP contribution in [0, 0.1) is 37.8 Å². The lowest BCUT2D eigenvalue weighted by molar-refractivity contribution is -0.385. The van der Waals surface area contributed by atoms with Gasteiger partial charge in [0.15, 0.2) is 0 Å². The Morgan fingerprint density at radius 3 is 2.24 bits per heavy atom. The molecule has 0 atom stereocenters. The molecule has 0 saturated heterocycles. The molecule has 0 fully saturated rings. The Hall–Kier alpha value is -2.43. The monoisotopic (exact) mass is 285 g/mol. The molecule has 110 valence electrons. The molecule has 21 heavy (non-hydrogen) atoms. The third-order valence-electron chi connectivity index (χ3n) is 3.57. The molecule has 0 saturated carbocycles. The number of nitro groups is 1. The van der Waals surface area contributed by atoms with E-state index >= 15 is 0 Å². The van der Waals surface area contributed by atoms with Crippen LogP contribution in [0.25, 0.3) is 0 Å². The number of aryl methyl sites for hydroxylation is 4. The molecule has 0 spiro atoms. The van der Waals surface area contributed by atoms with Crippen molar-refractivity contribution < 1.29 is 4.92 Å². The van der Waals surface area contributed by atoms with Crippen LogP contribution in [0.4, 0.5) is 11.5 Å². The SMILES string of the molecule is Cc1cc(C)c(CNc2cc(C)c([N+](=O)[O-])cn2)c(C)c1. The van der Waals surface area contributed by atoms with Crippen molar-refractivity contribution in [2.75, 3.05) is 5.32 Å². The zero-order chi connectivity index (χ0) is 15.6. The summed E-state index contributed by atoms with van der Waals surface area (Å²) in [7, 11) is 0. The molecule has 5 nitrogen and oxygen atoms in total. The minimum absolute atomic E-state index is 0.0447. The van der Waals surface area contributed by atoms with Crippen LogP contribution in [-0.2, 0) is 6.54 Å². The molecule has 1 aromatic heterocycles. The molecule has 5 heteroatoms. The Balaban J connectivity index is 2.17. The molecule has 0 aliphatic carbocycles. The minimum atomic E-state index is -0.416. The summed E-state index contributed by atoms with van der Waals surface area (Å²) in [6.45, 7) is 8.63. The molecular formula is C16H19N3O2. The van der Waals surface area contributed by atoms with E-state index in [1.54, 1.807) is 13.0 Å². The van der Waals surface area contributed by atoms with Crippen LogP contribution < -0.4 is 5.32 Å². The lowest BCUT2D eigenvalue weighted by Gasteiger charge is -2.13. The van der Waals surface area contributed by atoms with E-state index in [1.807, 2.05) is 0 Å². The Morgan fingerprint density at radius 1 is 1.10 bits per heavy atom. The van der Waals surface area contributed by atoms with Gasteiger partial charge < -0.3 is 5.32 Å². The maximum atomic E-state index is 10.8. The quantitative estimate of drug-likeness (QED) is 0.684. The topological polar surface area (TPSA) is 68.1 Å². The first-order chi connectivity index (χ1) is 9.88. The molecular weight excluding hydrogens is 266 g/mol. The first-order valence-electron chi connectivity index (χ1n) is 6.80. The molecule has 0 aliphatic rings. The Kier molecular flexibility index (Phi) is 4.21. The van der Waals surface area contributed by atoms with E-state index in [1.165, 1.54) is 28.5 Å². The van der Waals surface area contributed by atoms with Gasteiger partial charge in [0.05, 0.1) is 4.92 Å². The zero-order valence-electron chi connectivity index (χ0n) is 12.7. The highest BCUT2D eigenvalue weighted by molar-refractivity contribution is 5.48. The Morgan fingerprint density at radius 2 is 1.71 bits per heavy atom. The predicted octanol–water partition coefficient (Wildman–Crippen LogP) is 3.84. The fourth-order valence-corrected chi connectivity index (χ4v) is 2.50. The van der Waals surface area contributed by atoms with Crippen molar-refractivity contribution >= 4 is 11.5 Å². The summed E-state index contributed by atoms with van der Waals surface area (Å²) in [5.41, 5.74) is 5.60. The van der Waals surface area contributed by atoms with E-state index in [2.05, 4.69) is 43.2 Å². The standard InChI is InChI=1S/C16H19N3O2/c1-10-5-11(2)14(12(3)6-10)8-17-16-7-13(4)15(9-18-16)19(20)21/h5-7,9H,8H2,1-4H3,(H,17,18). The number of hydrogen-bond donors (Lipinski definition) is 1. The average Bonchev–Trinajstić information content (AvgIpc) is 2.36. The van der Waals surface area contributed by atoms with Crippen molar-refractivity contribution in [3.05, 3.63) is 62.3 Å². The van der Waals surface area contributed by atoms with Gasteiger partial charge in [-0.15, -0.1) is 0 Å². The highest BCUT2D eigenvalue weighted by Crippen LogP contribution is 2.21. The van der Waals surface area contributed by atoms with Gasteiger partial charge in [-0.05, 0) is 50.5 Å². The second kappa shape index (κ2) is 5.91. The van der Waals surface area contributed by atoms with E-state index in [-0.39, 0.29) is 5.69 Å². The zero-order valence-corrected chi connectivity index (χ0v) is 12.7. The van der Waals surface area contributed by atoms with Crippen LogP contribution in [0.2, 0.25) is 0 Å². The maximum absolute atomic E-state index is 10.8. The number of rotatable bonds is 4. The summed E-state index contributed by atoms with van der Waals surface area (Å²) in [5.74, 6) is 0.650. The molecule has 0 amide bonds. The highest BCUT2D eigenvalue weighted by Gasteiger charge is 2.11. The first kappa shape index (κ1) is 15.0. The van der Waals surface area contributed by atoms with Crippen LogP contribution in [0.5, 0.6) is 0 Å². The fourth-order valence-electron chi connectivity index (χ4n) is 2.50. The number of nitrogens with one attached hydrogen (secondary N) is 1. The van der Waals surface area contributed by atoms with Crippen LogP contribution in [-0.4, -0.2) is 9.91 Å². The molecule has 2 aromatic rings. The number of hydrogen-bond acceptors (Lipinski definition) is 4. The van der Waals surface area contributed by atoms with Gasteiger partial charge in [-0.1, -0.05) is 17.7 Å². The number of nitrogens with zero attached hydrogens (tertiary/aromatic N) is 2. The van der Waals surface area contributed by atoms with Gasteiger partial charge in [0.25, 0.3) is 5.69 Å². The smallest absolute Gasteiger partial charge is 0.290 e. The summed E-state index contributed by atoms with van der Waals surface area (Å²) in [4.78, 5) is 14.5. The molecule has 1 aromatic carbocycles. The summed E-state index contributed by atoms with van der Waals surface area (Å²) >= 11 is 0. The molecule has 0 aliphatic heterocycles. The van der Waals surface area contributed by atoms with Gasteiger partial charge in [0.1, 0.15) is 12.0 Å². The fraction of sp³-hybridized carbons (Fsp3) is 0.312. The van der Waals surface area contributed by atoms with Crippen molar-refractivity contribution in [2.45, 2.75) is 34.2 Å². The summed E-state index contributed by atoms with van der Waals surface area (Å²) in [6, 6.07) is 6.01. The minimum Gasteiger partial charge on any atom is -0.366 e. The summed E-state index contributed by atoms with van der Waals surface area (Å²) in [5, 5.41) is 14.0. The van der Waals surface area contributed by atoms with Crippen LogP contribution in [0.15, 0.2) is 24.4 Å². The second-order valence-corrected chi connectivity index (χ2v) is 5.34. The Labute approximate surface area is 124 Å². The lowest BCUT2D eigenvalue weighted by atomic mass is 10.00. The van der Waals surface area contributed by atoms with Gasteiger partial charge in [-0.25, -0.2) is 4.98 Å². The largest absolute Gasteiger partial charge is 0.366 e. The normalized spacial score (nSPS) is 10.5. The van der Waals surface area contributed by atoms with Crippen molar-refractivity contribution in [1.82, 2.24) is 4.98 Å². The molecule has 0 unspecified atom stereocenters. The number of benzene rings is 1.